The summed E-state index contributed by atoms with van der Waals surface area (Å²) in [6.45, 7) is 4.44. The Hall–Kier alpha value is -0.650. The van der Waals surface area contributed by atoms with Crippen molar-refractivity contribution in [2.75, 3.05) is 46.5 Å². The Morgan fingerprint density at radius 1 is 1.59 bits per heavy atom. The molecule has 2 rings (SSSR count). The zero-order valence-corrected chi connectivity index (χ0v) is 10.5. The van der Waals surface area contributed by atoms with E-state index in [9.17, 15) is 4.79 Å². The van der Waals surface area contributed by atoms with Crippen LogP contribution in [-0.2, 0) is 14.3 Å². The van der Waals surface area contributed by atoms with Crippen molar-refractivity contribution in [3.05, 3.63) is 0 Å². The Morgan fingerprint density at radius 2 is 2.47 bits per heavy atom. The van der Waals surface area contributed by atoms with Gasteiger partial charge in [0, 0.05) is 26.7 Å². The molecule has 0 saturated carbocycles. The zero-order valence-electron chi connectivity index (χ0n) is 10.5. The van der Waals surface area contributed by atoms with Crippen LogP contribution in [0.15, 0.2) is 0 Å². The molecule has 98 valence electrons. The Labute approximate surface area is 102 Å². The molecule has 2 aliphatic rings. The Bertz CT molecular complexity index is 252. The zero-order chi connectivity index (χ0) is 12.1. The highest BCUT2D eigenvalue weighted by Gasteiger charge is 2.29. The van der Waals surface area contributed by atoms with E-state index in [-0.39, 0.29) is 17.9 Å². The summed E-state index contributed by atoms with van der Waals surface area (Å²) in [5.41, 5.74) is 0. The fourth-order valence-corrected chi connectivity index (χ4v) is 2.53. The quantitative estimate of drug-likeness (QED) is 0.748. The first-order valence-electron chi connectivity index (χ1n) is 6.41. The number of amides is 1. The van der Waals surface area contributed by atoms with Crippen molar-refractivity contribution in [3.8, 4) is 0 Å². The number of morpholine rings is 1. The molecule has 2 fully saturated rings. The van der Waals surface area contributed by atoms with Gasteiger partial charge in [-0.05, 0) is 19.4 Å². The summed E-state index contributed by atoms with van der Waals surface area (Å²) in [4.78, 5) is 14.2. The molecule has 0 unspecified atom stereocenters. The normalized spacial score (nSPS) is 30.3. The minimum absolute atomic E-state index is 0.0363. The van der Waals surface area contributed by atoms with Crippen LogP contribution in [0.5, 0.6) is 0 Å². The second-order valence-electron chi connectivity index (χ2n) is 4.78. The molecule has 2 atom stereocenters. The fraction of sp³-hybridized carbons (Fsp3) is 0.917. The average Bonchev–Trinajstić information content (AvgIpc) is 2.40. The lowest BCUT2D eigenvalue weighted by atomic mass is 9.98. The van der Waals surface area contributed by atoms with Crippen molar-refractivity contribution in [2.45, 2.75) is 18.9 Å². The van der Waals surface area contributed by atoms with Gasteiger partial charge in [0.25, 0.3) is 0 Å². The SMILES string of the molecule is COC[C@@H]1CN(C(=O)[C@@H]2CCCNC2)CCO1. The largest absolute Gasteiger partial charge is 0.382 e. The average molecular weight is 242 g/mol. The topological polar surface area (TPSA) is 50.8 Å². The molecule has 2 aliphatic heterocycles. The van der Waals surface area contributed by atoms with Gasteiger partial charge in [0.05, 0.1) is 25.2 Å². The number of ether oxygens (including phenoxy) is 2. The van der Waals surface area contributed by atoms with Crippen LogP contribution in [0.25, 0.3) is 0 Å². The monoisotopic (exact) mass is 242 g/mol. The van der Waals surface area contributed by atoms with E-state index in [1.54, 1.807) is 7.11 Å². The summed E-state index contributed by atoms with van der Waals surface area (Å²) in [6.07, 6.45) is 2.15. The summed E-state index contributed by atoms with van der Waals surface area (Å²) < 4.78 is 10.6. The molecule has 0 aliphatic carbocycles. The van der Waals surface area contributed by atoms with Gasteiger partial charge >= 0.3 is 0 Å². The maximum Gasteiger partial charge on any atom is 0.227 e. The molecular formula is C12H22N2O3. The number of nitrogens with zero attached hydrogens (tertiary/aromatic N) is 1. The van der Waals surface area contributed by atoms with E-state index >= 15 is 0 Å². The lowest BCUT2D eigenvalue weighted by molar-refractivity contribution is -0.145. The smallest absolute Gasteiger partial charge is 0.227 e. The van der Waals surface area contributed by atoms with E-state index in [0.717, 1.165) is 32.5 Å². The maximum absolute atomic E-state index is 12.3. The van der Waals surface area contributed by atoms with E-state index in [0.29, 0.717) is 19.8 Å². The first kappa shape index (κ1) is 12.8. The van der Waals surface area contributed by atoms with Crippen LogP contribution in [0.3, 0.4) is 0 Å². The van der Waals surface area contributed by atoms with Crippen LogP contribution in [-0.4, -0.2) is 63.4 Å². The Balaban J connectivity index is 1.85. The molecule has 0 bridgehead atoms. The lowest BCUT2D eigenvalue weighted by Crippen LogP contribution is -2.51. The summed E-state index contributed by atoms with van der Waals surface area (Å²) in [5, 5.41) is 3.29. The molecule has 0 radical (unpaired) electrons. The number of carbonyl (C=O) groups is 1. The Kier molecular flexibility index (Phi) is 4.76. The second-order valence-corrected chi connectivity index (χ2v) is 4.78. The second kappa shape index (κ2) is 6.33. The molecular weight excluding hydrogens is 220 g/mol. The summed E-state index contributed by atoms with van der Waals surface area (Å²) in [5.74, 6) is 0.437. The van der Waals surface area contributed by atoms with E-state index < -0.39 is 0 Å². The molecule has 2 heterocycles. The number of piperidine rings is 1. The van der Waals surface area contributed by atoms with Gasteiger partial charge in [-0.1, -0.05) is 0 Å². The van der Waals surface area contributed by atoms with Crippen molar-refractivity contribution in [1.29, 1.82) is 0 Å². The molecule has 2 saturated heterocycles. The Morgan fingerprint density at radius 3 is 3.18 bits per heavy atom. The minimum atomic E-state index is 0.0363. The van der Waals surface area contributed by atoms with Crippen LogP contribution in [0, 0.1) is 5.92 Å². The standard InChI is InChI=1S/C12H22N2O3/c1-16-9-11-8-14(5-6-17-11)12(15)10-3-2-4-13-7-10/h10-11,13H,2-9H2,1H3/t10-,11+/m1/s1. The van der Waals surface area contributed by atoms with E-state index in [1.165, 1.54) is 0 Å². The minimum Gasteiger partial charge on any atom is -0.382 e. The van der Waals surface area contributed by atoms with Crippen LogP contribution in [0.2, 0.25) is 0 Å². The molecule has 5 nitrogen and oxygen atoms in total. The fourth-order valence-electron chi connectivity index (χ4n) is 2.53. The first-order valence-corrected chi connectivity index (χ1v) is 6.41. The van der Waals surface area contributed by atoms with E-state index in [2.05, 4.69) is 5.32 Å². The van der Waals surface area contributed by atoms with Gasteiger partial charge < -0.3 is 19.7 Å². The molecule has 1 amide bonds. The van der Waals surface area contributed by atoms with Crippen molar-refractivity contribution < 1.29 is 14.3 Å². The van der Waals surface area contributed by atoms with Crippen molar-refractivity contribution in [2.24, 2.45) is 5.92 Å². The predicted octanol–water partition coefficient (Wildman–Crippen LogP) is -0.140. The van der Waals surface area contributed by atoms with Gasteiger partial charge in [-0.3, -0.25) is 4.79 Å². The highest BCUT2D eigenvalue weighted by Crippen LogP contribution is 2.16. The van der Waals surface area contributed by atoms with E-state index in [1.807, 2.05) is 4.90 Å². The first-order chi connectivity index (χ1) is 8.31. The van der Waals surface area contributed by atoms with Crippen molar-refractivity contribution in [3.63, 3.8) is 0 Å². The summed E-state index contributed by atoms with van der Waals surface area (Å²) in [6, 6.07) is 0. The molecule has 17 heavy (non-hydrogen) atoms. The van der Waals surface area contributed by atoms with Gasteiger partial charge in [-0.2, -0.15) is 0 Å². The van der Waals surface area contributed by atoms with Crippen LogP contribution in [0.4, 0.5) is 0 Å². The lowest BCUT2D eigenvalue weighted by Gasteiger charge is -2.35. The highest BCUT2D eigenvalue weighted by atomic mass is 16.5. The number of rotatable bonds is 3. The van der Waals surface area contributed by atoms with Crippen molar-refractivity contribution >= 4 is 5.91 Å². The van der Waals surface area contributed by atoms with Gasteiger partial charge in [0.15, 0.2) is 0 Å². The number of methoxy groups -OCH3 is 1. The van der Waals surface area contributed by atoms with Gasteiger partial charge in [0.1, 0.15) is 0 Å². The number of nitrogens with one attached hydrogen (secondary N) is 1. The third kappa shape index (κ3) is 3.40. The van der Waals surface area contributed by atoms with Crippen molar-refractivity contribution in [1.82, 2.24) is 10.2 Å². The van der Waals surface area contributed by atoms with Crippen LogP contribution >= 0.6 is 0 Å². The van der Waals surface area contributed by atoms with Gasteiger partial charge in [-0.25, -0.2) is 0 Å². The number of hydrogen-bond donors (Lipinski definition) is 1. The molecule has 0 aromatic heterocycles. The van der Waals surface area contributed by atoms with Crippen LogP contribution < -0.4 is 5.32 Å². The summed E-state index contributed by atoms with van der Waals surface area (Å²) >= 11 is 0. The van der Waals surface area contributed by atoms with Gasteiger partial charge in [-0.15, -0.1) is 0 Å². The molecule has 5 heteroatoms. The molecule has 1 N–H and O–H groups in total. The highest BCUT2D eigenvalue weighted by molar-refractivity contribution is 5.79. The van der Waals surface area contributed by atoms with Crippen LogP contribution in [0.1, 0.15) is 12.8 Å². The third-order valence-corrected chi connectivity index (χ3v) is 3.45. The molecule has 0 spiro atoms. The molecule has 0 aromatic rings. The van der Waals surface area contributed by atoms with E-state index in [4.69, 9.17) is 9.47 Å². The maximum atomic E-state index is 12.3. The third-order valence-electron chi connectivity index (χ3n) is 3.45. The molecule has 0 aromatic carbocycles. The predicted molar refractivity (Wildman–Crippen MR) is 63.8 cm³/mol. The number of hydrogen-bond acceptors (Lipinski definition) is 4. The van der Waals surface area contributed by atoms with Gasteiger partial charge in [0.2, 0.25) is 5.91 Å². The summed E-state index contributed by atoms with van der Waals surface area (Å²) in [7, 11) is 1.66. The number of carbonyl (C=O) groups excluding carboxylic acids is 1.